The molecular formula is C16H25NO. The molecule has 18 heavy (non-hydrogen) atoms. The van der Waals surface area contributed by atoms with Gasteiger partial charge in [0.2, 0.25) is 0 Å². The van der Waals surface area contributed by atoms with Crippen molar-refractivity contribution in [3.8, 4) is 0 Å². The molecule has 1 saturated heterocycles. The lowest BCUT2D eigenvalue weighted by atomic mass is 9.82. The molecule has 1 unspecified atom stereocenters. The van der Waals surface area contributed by atoms with E-state index >= 15 is 0 Å². The minimum atomic E-state index is 0.131. The van der Waals surface area contributed by atoms with Crippen molar-refractivity contribution in [3.05, 3.63) is 29.3 Å². The van der Waals surface area contributed by atoms with E-state index in [1.165, 1.54) is 16.8 Å². The fourth-order valence-electron chi connectivity index (χ4n) is 3.27. The highest BCUT2D eigenvalue weighted by Gasteiger charge is 2.34. The molecule has 0 saturated carbocycles. The maximum atomic E-state index is 9.35. The monoisotopic (exact) mass is 247 g/mol. The number of aliphatic hydroxyl groups is 1. The highest BCUT2D eigenvalue weighted by molar-refractivity contribution is 5.53. The summed E-state index contributed by atoms with van der Waals surface area (Å²) < 4.78 is 0. The van der Waals surface area contributed by atoms with E-state index in [1.54, 1.807) is 0 Å². The Kier molecular flexibility index (Phi) is 3.67. The fourth-order valence-corrected chi connectivity index (χ4v) is 3.27. The van der Waals surface area contributed by atoms with Gasteiger partial charge in [-0.15, -0.1) is 0 Å². The van der Waals surface area contributed by atoms with Crippen LogP contribution in [-0.2, 0) is 0 Å². The van der Waals surface area contributed by atoms with Crippen LogP contribution in [0.1, 0.15) is 37.8 Å². The van der Waals surface area contributed by atoms with Crippen molar-refractivity contribution in [1.29, 1.82) is 0 Å². The van der Waals surface area contributed by atoms with Gasteiger partial charge in [-0.2, -0.15) is 0 Å². The van der Waals surface area contributed by atoms with Gasteiger partial charge in [0.05, 0.1) is 0 Å². The number of piperidine rings is 1. The zero-order valence-corrected chi connectivity index (χ0v) is 12.0. The Morgan fingerprint density at radius 2 is 1.83 bits per heavy atom. The number of hydrogen-bond acceptors (Lipinski definition) is 2. The van der Waals surface area contributed by atoms with Gasteiger partial charge >= 0.3 is 0 Å². The lowest BCUT2D eigenvalue weighted by molar-refractivity contribution is 0.166. The molecule has 1 heterocycles. The standard InChI is InChI=1S/C16H25NO/c1-12-7-13(2)9-15(8-12)17-6-5-14(11-18)10-16(17,3)4/h7-9,14,18H,5-6,10-11H2,1-4H3. The van der Waals surface area contributed by atoms with E-state index in [0.717, 1.165) is 19.4 Å². The maximum absolute atomic E-state index is 9.35. The Bertz CT molecular complexity index is 405. The first kappa shape index (κ1) is 13.4. The summed E-state index contributed by atoms with van der Waals surface area (Å²) >= 11 is 0. The highest BCUT2D eigenvalue weighted by atomic mass is 16.3. The summed E-state index contributed by atoms with van der Waals surface area (Å²) in [5.41, 5.74) is 4.11. The van der Waals surface area contributed by atoms with Gasteiger partial charge in [0.25, 0.3) is 0 Å². The third-order valence-corrected chi connectivity index (χ3v) is 4.06. The predicted octanol–water partition coefficient (Wildman–Crippen LogP) is 3.29. The van der Waals surface area contributed by atoms with E-state index in [1.807, 2.05) is 0 Å². The highest BCUT2D eigenvalue weighted by Crippen LogP contribution is 2.35. The first-order valence-electron chi connectivity index (χ1n) is 6.89. The normalized spacial score (nSPS) is 23.2. The van der Waals surface area contributed by atoms with Crippen LogP contribution in [-0.4, -0.2) is 23.8 Å². The number of benzene rings is 1. The summed E-state index contributed by atoms with van der Waals surface area (Å²) in [4.78, 5) is 2.50. The van der Waals surface area contributed by atoms with Crippen molar-refractivity contribution in [2.75, 3.05) is 18.1 Å². The van der Waals surface area contributed by atoms with Gasteiger partial charge in [0.15, 0.2) is 0 Å². The number of aliphatic hydroxyl groups excluding tert-OH is 1. The molecule has 0 radical (unpaired) electrons. The van der Waals surface area contributed by atoms with Gasteiger partial charge in [-0.05, 0) is 69.7 Å². The molecule has 2 nitrogen and oxygen atoms in total. The lowest BCUT2D eigenvalue weighted by Crippen LogP contribution is -2.50. The molecule has 2 rings (SSSR count). The van der Waals surface area contributed by atoms with Crippen molar-refractivity contribution >= 4 is 5.69 Å². The van der Waals surface area contributed by atoms with E-state index in [9.17, 15) is 5.11 Å². The molecule has 0 aliphatic carbocycles. The molecule has 1 aliphatic heterocycles. The van der Waals surface area contributed by atoms with Crippen LogP contribution in [0.3, 0.4) is 0 Å². The predicted molar refractivity (Wildman–Crippen MR) is 77.2 cm³/mol. The van der Waals surface area contributed by atoms with Gasteiger partial charge in [0, 0.05) is 24.4 Å². The molecule has 2 heteroatoms. The summed E-state index contributed by atoms with van der Waals surface area (Å²) in [6.45, 7) is 10.2. The maximum Gasteiger partial charge on any atom is 0.0460 e. The van der Waals surface area contributed by atoms with Gasteiger partial charge in [-0.3, -0.25) is 0 Å². The quantitative estimate of drug-likeness (QED) is 0.867. The molecule has 1 aliphatic rings. The molecule has 0 aromatic heterocycles. The van der Waals surface area contributed by atoms with E-state index in [0.29, 0.717) is 12.5 Å². The van der Waals surface area contributed by atoms with Crippen LogP contribution in [0.2, 0.25) is 0 Å². The average molecular weight is 247 g/mol. The summed E-state index contributed by atoms with van der Waals surface area (Å²) in [6, 6.07) is 6.76. The molecular weight excluding hydrogens is 222 g/mol. The smallest absolute Gasteiger partial charge is 0.0460 e. The van der Waals surface area contributed by atoms with E-state index in [-0.39, 0.29) is 5.54 Å². The summed E-state index contributed by atoms with van der Waals surface area (Å²) in [5.74, 6) is 0.460. The van der Waals surface area contributed by atoms with Crippen LogP contribution in [0.15, 0.2) is 18.2 Å². The first-order chi connectivity index (χ1) is 8.42. The number of rotatable bonds is 2. The summed E-state index contributed by atoms with van der Waals surface area (Å²) in [7, 11) is 0. The minimum Gasteiger partial charge on any atom is -0.396 e. The fraction of sp³-hybridized carbons (Fsp3) is 0.625. The molecule has 1 fully saturated rings. The largest absolute Gasteiger partial charge is 0.396 e. The summed E-state index contributed by atoms with van der Waals surface area (Å²) in [6.07, 6.45) is 2.16. The van der Waals surface area contributed by atoms with Crippen LogP contribution in [0.5, 0.6) is 0 Å². The minimum absolute atomic E-state index is 0.131. The Morgan fingerprint density at radius 3 is 2.33 bits per heavy atom. The van der Waals surface area contributed by atoms with Gasteiger partial charge in [-0.1, -0.05) is 6.07 Å². The second kappa shape index (κ2) is 4.93. The van der Waals surface area contributed by atoms with Crippen molar-refractivity contribution in [1.82, 2.24) is 0 Å². The molecule has 1 aromatic carbocycles. The van der Waals surface area contributed by atoms with Gasteiger partial charge < -0.3 is 10.0 Å². The van der Waals surface area contributed by atoms with Gasteiger partial charge in [0.1, 0.15) is 0 Å². The third kappa shape index (κ3) is 2.69. The van der Waals surface area contributed by atoms with Crippen LogP contribution in [0.25, 0.3) is 0 Å². The first-order valence-corrected chi connectivity index (χ1v) is 6.89. The number of nitrogens with zero attached hydrogens (tertiary/aromatic N) is 1. The van der Waals surface area contributed by atoms with Crippen LogP contribution >= 0.6 is 0 Å². The Morgan fingerprint density at radius 1 is 1.22 bits per heavy atom. The average Bonchev–Trinajstić information content (AvgIpc) is 2.26. The van der Waals surface area contributed by atoms with E-state index in [2.05, 4.69) is 50.8 Å². The Hall–Kier alpha value is -1.02. The topological polar surface area (TPSA) is 23.5 Å². The lowest BCUT2D eigenvalue weighted by Gasteiger charge is -2.47. The second-order valence-corrected chi connectivity index (χ2v) is 6.35. The SMILES string of the molecule is Cc1cc(C)cc(N2CCC(CO)CC2(C)C)c1. The molecule has 0 spiro atoms. The number of aryl methyl sites for hydroxylation is 2. The molecule has 1 aromatic rings. The van der Waals surface area contributed by atoms with Crippen molar-refractivity contribution in [2.24, 2.45) is 5.92 Å². The summed E-state index contributed by atoms with van der Waals surface area (Å²) in [5, 5.41) is 9.35. The number of hydrogen-bond donors (Lipinski definition) is 1. The zero-order valence-electron chi connectivity index (χ0n) is 12.0. The number of anilines is 1. The van der Waals surface area contributed by atoms with E-state index in [4.69, 9.17) is 0 Å². The Balaban J connectivity index is 2.27. The van der Waals surface area contributed by atoms with Gasteiger partial charge in [-0.25, -0.2) is 0 Å². The van der Waals surface area contributed by atoms with Crippen LogP contribution in [0, 0.1) is 19.8 Å². The zero-order chi connectivity index (χ0) is 13.3. The molecule has 0 amide bonds. The van der Waals surface area contributed by atoms with Crippen LogP contribution < -0.4 is 4.90 Å². The van der Waals surface area contributed by atoms with E-state index < -0.39 is 0 Å². The molecule has 1 N–H and O–H groups in total. The second-order valence-electron chi connectivity index (χ2n) is 6.35. The molecule has 100 valence electrons. The van der Waals surface area contributed by atoms with Crippen LogP contribution in [0.4, 0.5) is 5.69 Å². The Labute approximate surface area is 111 Å². The third-order valence-electron chi connectivity index (χ3n) is 4.06. The molecule has 1 atom stereocenters. The molecule has 0 bridgehead atoms. The van der Waals surface area contributed by atoms with Crippen molar-refractivity contribution in [2.45, 2.75) is 46.1 Å². The van der Waals surface area contributed by atoms with Crippen molar-refractivity contribution in [3.63, 3.8) is 0 Å². The van der Waals surface area contributed by atoms with Crippen molar-refractivity contribution < 1.29 is 5.11 Å².